The van der Waals surface area contributed by atoms with Crippen molar-refractivity contribution in [3.05, 3.63) is 47.5 Å². The van der Waals surface area contributed by atoms with Crippen LogP contribution < -0.4 is 14.8 Å². The number of hydrogen-bond acceptors (Lipinski definition) is 6. The van der Waals surface area contributed by atoms with Gasteiger partial charge in [0.25, 0.3) is 0 Å². The van der Waals surface area contributed by atoms with E-state index >= 15 is 0 Å². The largest absolute Gasteiger partial charge is 0.493 e. The molecule has 6 nitrogen and oxygen atoms in total. The first-order valence-electron chi connectivity index (χ1n) is 8.98. The van der Waals surface area contributed by atoms with E-state index in [0.29, 0.717) is 53.1 Å². The highest BCUT2D eigenvalue weighted by Gasteiger charge is 2.13. The number of nitrogens with one attached hydrogen (secondary N) is 1. The van der Waals surface area contributed by atoms with Crippen molar-refractivity contribution in [3.8, 4) is 11.5 Å². The number of methoxy groups -OCH3 is 1. The number of hydrogen-bond donors (Lipinski definition) is 1. The normalized spacial score (nSPS) is 11.5. The van der Waals surface area contributed by atoms with Crippen LogP contribution in [0.15, 0.2) is 36.7 Å². The van der Waals surface area contributed by atoms with Crippen molar-refractivity contribution in [1.82, 2.24) is 9.97 Å². The molecule has 1 heterocycles. The van der Waals surface area contributed by atoms with Gasteiger partial charge in [-0.1, -0.05) is 11.6 Å². The third-order valence-electron chi connectivity index (χ3n) is 4.20. The fourth-order valence-corrected chi connectivity index (χ4v) is 3.85. The summed E-state index contributed by atoms with van der Waals surface area (Å²) in [5.41, 5.74) is 1.25. The third kappa shape index (κ3) is 5.58. The zero-order valence-corrected chi connectivity index (χ0v) is 18.1. The van der Waals surface area contributed by atoms with Crippen LogP contribution in [0.3, 0.4) is 0 Å². The first-order chi connectivity index (χ1) is 13.8. The van der Waals surface area contributed by atoms with Gasteiger partial charge in [-0.3, -0.25) is 0 Å². The van der Waals surface area contributed by atoms with Crippen molar-refractivity contribution in [2.45, 2.75) is 6.42 Å². The molecule has 2 aromatic carbocycles. The van der Waals surface area contributed by atoms with Gasteiger partial charge in [0.15, 0.2) is 11.5 Å². The van der Waals surface area contributed by atoms with E-state index in [-0.39, 0.29) is 5.02 Å². The molecule has 29 heavy (non-hydrogen) atoms. The summed E-state index contributed by atoms with van der Waals surface area (Å²) in [6, 6.07) is 7.90. The predicted molar refractivity (Wildman–Crippen MR) is 115 cm³/mol. The second-order valence-corrected chi connectivity index (χ2v) is 11.0. The van der Waals surface area contributed by atoms with Crippen molar-refractivity contribution in [2.75, 3.05) is 38.5 Å². The Morgan fingerprint density at radius 2 is 1.97 bits per heavy atom. The van der Waals surface area contributed by atoms with Crippen LogP contribution >= 0.6 is 18.7 Å². The van der Waals surface area contributed by atoms with Crippen molar-refractivity contribution in [2.24, 2.45) is 0 Å². The average Bonchev–Trinajstić information content (AvgIpc) is 2.67. The van der Waals surface area contributed by atoms with Gasteiger partial charge in [-0.2, -0.15) is 0 Å². The molecule has 9 heteroatoms. The third-order valence-corrected chi connectivity index (χ3v) is 5.88. The van der Waals surface area contributed by atoms with Crippen molar-refractivity contribution >= 4 is 41.2 Å². The molecule has 0 fully saturated rings. The molecule has 0 aliphatic heterocycles. The van der Waals surface area contributed by atoms with E-state index in [1.807, 2.05) is 0 Å². The van der Waals surface area contributed by atoms with Gasteiger partial charge in [0, 0.05) is 23.3 Å². The smallest absolute Gasteiger partial charge is 0.162 e. The van der Waals surface area contributed by atoms with Crippen LogP contribution in [0.5, 0.6) is 11.5 Å². The predicted octanol–water partition coefficient (Wildman–Crippen LogP) is 5.57. The maximum Gasteiger partial charge on any atom is 0.162 e. The standard InChI is InChI=1S/C20H22ClFN3O3P/c1-27-18-11-17-14(10-19(18)28-7-4-8-29(2,3)26)20(24-12-23-17)25-13-5-6-16(22)15(21)9-13/h5-6,9-12H,4,7-8H2,1-3H3,(H,23,24,25). The fraction of sp³-hybridized carbons (Fsp3) is 0.300. The molecule has 0 unspecified atom stereocenters. The quantitative estimate of drug-likeness (QED) is 0.367. The fourth-order valence-electron chi connectivity index (χ4n) is 2.77. The molecule has 154 valence electrons. The van der Waals surface area contributed by atoms with Gasteiger partial charge < -0.3 is 19.4 Å². The minimum absolute atomic E-state index is 0.0168. The Kier molecular flexibility index (Phi) is 6.60. The lowest BCUT2D eigenvalue weighted by molar-refractivity contribution is 0.295. The van der Waals surface area contributed by atoms with Crippen molar-refractivity contribution < 1.29 is 18.4 Å². The zero-order chi connectivity index (χ0) is 21.0. The number of benzene rings is 2. The van der Waals surface area contributed by atoms with Gasteiger partial charge in [0.1, 0.15) is 18.0 Å². The zero-order valence-electron chi connectivity index (χ0n) is 16.4. The molecule has 0 aliphatic carbocycles. The molecule has 0 spiro atoms. The highest BCUT2D eigenvalue weighted by molar-refractivity contribution is 7.62. The van der Waals surface area contributed by atoms with E-state index in [2.05, 4.69) is 15.3 Å². The number of nitrogens with zero attached hydrogens (tertiary/aromatic N) is 2. The van der Waals surface area contributed by atoms with Crippen LogP contribution in [0.25, 0.3) is 10.9 Å². The molecule has 0 radical (unpaired) electrons. The molecule has 0 saturated heterocycles. The minimum Gasteiger partial charge on any atom is -0.493 e. The summed E-state index contributed by atoms with van der Waals surface area (Å²) < 4.78 is 36.6. The van der Waals surface area contributed by atoms with Crippen LogP contribution in [0, 0.1) is 5.82 Å². The SMILES string of the molecule is COc1cc2ncnc(Nc3ccc(F)c(Cl)c3)c2cc1OCCCP(C)(C)=O. The number of ether oxygens (including phenoxy) is 2. The molecule has 0 aliphatic rings. The summed E-state index contributed by atoms with van der Waals surface area (Å²) in [6.45, 7) is 3.94. The summed E-state index contributed by atoms with van der Waals surface area (Å²) in [5.74, 6) is 1.12. The average molecular weight is 438 g/mol. The summed E-state index contributed by atoms with van der Waals surface area (Å²) in [6.07, 6.45) is 2.72. The second kappa shape index (κ2) is 8.97. The Hall–Kier alpha value is -2.37. The molecule has 3 rings (SSSR count). The summed E-state index contributed by atoms with van der Waals surface area (Å²) >= 11 is 5.86. The Bertz CT molecular complexity index is 1070. The van der Waals surface area contributed by atoms with Crippen LogP contribution in [-0.2, 0) is 4.57 Å². The topological polar surface area (TPSA) is 73.3 Å². The van der Waals surface area contributed by atoms with E-state index in [1.54, 1.807) is 38.6 Å². The van der Waals surface area contributed by atoms with E-state index in [9.17, 15) is 8.96 Å². The van der Waals surface area contributed by atoms with E-state index in [4.69, 9.17) is 21.1 Å². The lowest BCUT2D eigenvalue weighted by atomic mass is 10.2. The summed E-state index contributed by atoms with van der Waals surface area (Å²) in [4.78, 5) is 8.57. The highest BCUT2D eigenvalue weighted by atomic mass is 35.5. The van der Waals surface area contributed by atoms with E-state index < -0.39 is 13.0 Å². The van der Waals surface area contributed by atoms with Crippen LogP contribution in [0.4, 0.5) is 15.9 Å². The molecule has 1 aromatic heterocycles. The number of anilines is 2. The molecular formula is C20H22ClFN3O3P. The molecule has 0 bridgehead atoms. The Labute approximate surface area is 173 Å². The maximum absolute atomic E-state index is 13.4. The van der Waals surface area contributed by atoms with Gasteiger partial charge >= 0.3 is 0 Å². The Morgan fingerprint density at radius 3 is 2.66 bits per heavy atom. The maximum atomic E-state index is 13.4. The number of fused-ring (bicyclic) bond motifs is 1. The van der Waals surface area contributed by atoms with Crippen molar-refractivity contribution in [3.63, 3.8) is 0 Å². The van der Waals surface area contributed by atoms with Gasteiger partial charge in [0.05, 0.1) is 31.4 Å². The highest BCUT2D eigenvalue weighted by Crippen LogP contribution is 2.37. The summed E-state index contributed by atoms with van der Waals surface area (Å²) in [7, 11) is -0.521. The van der Waals surface area contributed by atoms with E-state index in [1.165, 1.54) is 18.5 Å². The number of aromatic nitrogens is 2. The first kappa shape index (κ1) is 21.3. The number of rotatable bonds is 8. The first-order valence-corrected chi connectivity index (χ1v) is 12.1. The monoisotopic (exact) mass is 437 g/mol. The molecular weight excluding hydrogens is 416 g/mol. The molecule has 0 amide bonds. The number of halogens is 2. The van der Waals surface area contributed by atoms with Crippen LogP contribution in [0.2, 0.25) is 5.02 Å². The Balaban J connectivity index is 1.89. The van der Waals surface area contributed by atoms with Gasteiger partial charge in [-0.15, -0.1) is 0 Å². The molecule has 3 aromatic rings. The van der Waals surface area contributed by atoms with Crippen LogP contribution in [0.1, 0.15) is 6.42 Å². The lowest BCUT2D eigenvalue weighted by Gasteiger charge is -2.14. The molecule has 0 atom stereocenters. The van der Waals surface area contributed by atoms with Gasteiger partial charge in [0.2, 0.25) is 0 Å². The minimum atomic E-state index is -2.08. The van der Waals surface area contributed by atoms with Crippen LogP contribution in [-0.4, -0.2) is 43.2 Å². The molecule has 1 N–H and O–H groups in total. The van der Waals surface area contributed by atoms with Gasteiger partial charge in [-0.05, 0) is 44.0 Å². The lowest BCUT2D eigenvalue weighted by Crippen LogP contribution is -2.03. The van der Waals surface area contributed by atoms with E-state index in [0.717, 1.165) is 0 Å². The second-order valence-electron chi connectivity index (χ2n) is 7.00. The van der Waals surface area contributed by atoms with Crippen molar-refractivity contribution in [1.29, 1.82) is 0 Å². The Morgan fingerprint density at radius 1 is 1.17 bits per heavy atom. The summed E-state index contributed by atoms with van der Waals surface area (Å²) in [5, 5.41) is 3.86. The molecule has 0 saturated carbocycles. The van der Waals surface area contributed by atoms with Gasteiger partial charge in [-0.25, -0.2) is 14.4 Å².